The third kappa shape index (κ3) is 2.21. The Morgan fingerprint density at radius 2 is 1.50 bits per heavy atom. The molecule has 5 heteroatoms. The molecule has 3 amide bonds. The Kier molecular flexibility index (Phi) is 3.58. The molecule has 0 atom stereocenters. The molecular weight excluding hydrogens is 328 g/mol. The van der Waals surface area contributed by atoms with E-state index in [2.05, 4.69) is 0 Å². The van der Waals surface area contributed by atoms with Crippen LogP contribution in [0.1, 0.15) is 27.6 Å². The first-order valence-electron chi connectivity index (χ1n) is 8.24. The molecule has 0 saturated carbocycles. The van der Waals surface area contributed by atoms with Crippen molar-refractivity contribution in [1.29, 1.82) is 0 Å². The van der Waals surface area contributed by atoms with E-state index in [-0.39, 0.29) is 17.7 Å². The smallest absolute Gasteiger partial charge is 0.265 e. The molecule has 0 fully saturated rings. The summed E-state index contributed by atoms with van der Waals surface area (Å²) in [7, 11) is 1.68. The number of hydrogen-bond donors (Lipinski definition) is 0. The van der Waals surface area contributed by atoms with Gasteiger partial charge in [0.25, 0.3) is 11.8 Å². The van der Waals surface area contributed by atoms with Gasteiger partial charge in [0.05, 0.1) is 11.4 Å². The molecule has 1 aliphatic heterocycles. The van der Waals surface area contributed by atoms with Crippen molar-refractivity contribution in [3.8, 4) is 0 Å². The lowest BCUT2D eigenvalue weighted by Gasteiger charge is -2.28. The molecule has 0 radical (unpaired) electrons. The van der Waals surface area contributed by atoms with Crippen LogP contribution in [0.5, 0.6) is 0 Å². The fraction of sp³-hybridized carbons (Fsp3) is 0.0952. The first kappa shape index (κ1) is 16.0. The predicted octanol–water partition coefficient (Wildman–Crippen LogP) is 3.62. The topological polar surface area (TPSA) is 57.7 Å². The van der Waals surface area contributed by atoms with E-state index in [0.29, 0.717) is 33.3 Å². The normalized spacial score (nSPS) is 13.2. The zero-order valence-corrected chi connectivity index (χ0v) is 14.4. The Bertz CT molecular complexity index is 1050. The molecule has 3 aromatic rings. The van der Waals surface area contributed by atoms with Gasteiger partial charge in [-0.05, 0) is 30.3 Å². The summed E-state index contributed by atoms with van der Waals surface area (Å²) in [6.45, 7) is 1.48. The zero-order chi connectivity index (χ0) is 18.4. The third-order valence-electron chi connectivity index (χ3n) is 4.73. The number of benzene rings is 3. The van der Waals surface area contributed by atoms with E-state index < -0.39 is 0 Å². The summed E-state index contributed by atoms with van der Waals surface area (Å²) in [6.07, 6.45) is 0. The second kappa shape index (κ2) is 5.81. The molecule has 1 heterocycles. The van der Waals surface area contributed by atoms with Crippen molar-refractivity contribution in [2.24, 2.45) is 0 Å². The molecule has 3 aromatic carbocycles. The van der Waals surface area contributed by atoms with E-state index in [1.54, 1.807) is 55.6 Å². The number of nitrogens with zero attached hydrogens (tertiary/aromatic N) is 2. The lowest BCUT2D eigenvalue weighted by atomic mass is 9.92. The van der Waals surface area contributed by atoms with Gasteiger partial charge < -0.3 is 4.90 Å². The van der Waals surface area contributed by atoms with Crippen LogP contribution in [0.2, 0.25) is 0 Å². The minimum absolute atomic E-state index is 0.120. The summed E-state index contributed by atoms with van der Waals surface area (Å²) in [4.78, 5) is 40.6. The third-order valence-corrected chi connectivity index (χ3v) is 4.73. The van der Waals surface area contributed by atoms with Gasteiger partial charge in [0.1, 0.15) is 0 Å². The summed E-state index contributed by atoms with van der Waals surface area (Å²) >= 11 is 0. The van der Waals surface area contributed by atoms with E-state index in [9.17, 15) is 14.4 Å². The van der Waals surface area contributed by atoms with Crippen LogP contribution in [0, 0.1) is 0 Å². The predicted molar refractivity (Wildman–Crippen MR) is 101 cm³/mol. The van der Waals surface area contributed by atoms with E-state index in [1.807, 2.05) is 12.1 Å². The Morgan fingerprint density at radius 1 is 0.846 bits per heavy atom. The molecule has 0 aliphatic carbocycles. The maximum Gasteiger partial charge on any atom is 0.265 e. The van der Waals surface area contributed by atoms with E-state index >= 15 is 0 Å². The first-order chi connectivity index (χ1) is 12.5. The Balaban J connectivity index is 1.98. The lowest BCUT2D eigenvalue weighted by Crippen LogP contribution is -2.40. The number of carbonyl (C=O) groups is 3. The summed E-state index contributed by atoms with van der Waals surface area (Å²) < 4.78 is 0. The SMILES string of the molecule is CC(=O)N(C)c1ccc2c3c(cccc13)C(=O)N(c1ccccc1)C2=O. The van der Waals surface area contributed by atoms with E-state index in [1.165, 1.54) is 16.7 Å². The van der Waals surface area contributed by atoms with Gasteiger partial charge in [-0.1, -0.05) is 30.3 Å². The second-order valence-electron chi connectivity index (χ2n) is 6.22. The van der Waals surface area contributed by atoms with Gasteiger partial charge in [-0.2, -0.15) is 0 Å². The van der Waals surface area contributed by atoms with E-state index in [0.717, 1.165) is 0 Å². The van der Waals surface area contributed by atoms with Gasteiger partial charge in [0.15, 0.2) is 0 Å². The highest BCUT2D eigenvalue weighted by Gasteiger charge is 2.34. The number of anilines is 2. The maximum absolute atomic E-state index is 13.1. The number of imide groups is 1. The van der Waals surface area contributed by atoms with Gasteiger partial charge in [0.2, 0.25) is 5.91 Å². The van der Waals surface area contributed by atoms with Crippen LogP contribution in [0.3, 0.4) is 0 Å². The minimum atomic E-state index is -0.359. The van der Waals surface area contributed by atoms with Crippen LogP contribution >= 0.6 is 0 Å². The van der Waals surface area contributed by atoms with Crippen molar-refractivity contribution in [3.05, 3.63) is 71.8 Å². The molecule has 0 bridgehead atoms. The van der Waals surface area contributed by atoms with Crippen molar-refractivity contribution in [2.45, 2.75) is 6.92 Å². The fourth-order valence-electron chi connectivity index (χ4n) is 3.35. The summed E-state index contributed by atoms with van der Waals surface area (Å²) in [5.74, 6) is -0.839. The molecule has 26 heavy (non-hydrogen) atoms. The van der Waals surface area contributed by atoms with Gasteiger partial charge in [-0.15, -0.1) is 0 Å². The van der Waals surface area contributed by atoms with E-state index in [4.69, 9.17) is 0 Å². The molecular formula is C21H16N2O3. The molecule has 0 unspecified atom stereocenters. The van der Waals surface area contributed by atoms with Crippen molar-refractivity contribution in [3.63, 3.8) is 0 Å². The van der Waals surface area contributed by atoms with Crippen LogP contribution in [0.4, 0.5) is 11.4 Å². The molecule has 4 rings (SSSR count). The maximum atomic E-state index is 13.1. The number of rotatable bonds is 2. The molecule has 128 valence electrons. The lowest BCUT2D eigenvalue weighted by molar-refractivity contribution is -0.116. The number of amides is 3. The highest BCUT2D eigenvalue weighted by molar-refractivity contribution is 6.36. The summed E-state index contributed by atoms with van der Waals surface area (Å²) in [5.41, 5.74) is 2.13. The molecule has 5 nitrogen and oxygen atoms in total. The van der Waals surface area contributed by atoms with Crippen molar-refractivity contribution in [2.75, 3.05) is 16.8 Å². The first-order valence-corrected chi connectivity index (χ1v) is 8.24. The summed E-state index contributed by atoms with van der Waals surface area (Å²) in [5, 5.41) is 1.31. The van der Waals surface area contributed by atoms with Crippen LogP contribution < -0.4 is 9.80 Å². The molecule has 0 spiro atoms. The fourth-order valence-corrected chi connectivity index (χ4v) is 3.35. The highest BCUT2D eigenvalue weighted by Crippen LogP contribution is 2.37. The minimum Gasteiger partial charge on any atom is -0.315 e. The largest absolute Gasteiger partial charge is 0.315 e. The van der Waals surface area contributed by atoms with Crippen LogP contribution in [0.15, 0.2) is 60.7 Å². The number of hydrogen-bond acceptors (Lipinski definition) is 3. The Hall–Kier alpha value is -3.47. The molecule has 0 N–H and O–H groups in total. The highest BCUT2D eigenvalue weighted by atomic mass is 16.2. The number of carbonyl (C=O) groups excluding carboxylic acids is 3. The molecule has 0 saturated heterocycles. The van der Waals surface area contributed by atoms with Crippen molar-refractivity contribution >= 4 is 39.9 Å². The quantitative estimate of drug-likeness (QED) is 0.667. The monoisotopic (exact) mass is 344 g/mol. The Labute approximate surface area is 150 Å². The second-order valence-corrected chi connectivity index (χ2v) is 6.22. The van der Waals surface area contributed by atoms with Crippen LogP contribution in [-0.2, 0) is 4.79 Å². The van der Waals surface area contributed by atoms with Crippen molar-refractivity contribution in [1.82, 2.24) is 0 Å². The van der Waals surface area contributed by atoms with Gasteiger partial charge in [-0.3, -0.25) is 14.4 Å². The molecule has 0 aromatic heterocycles. The average molecular weight is 344 g/mol. The van der Waals surface area contributed by atoms with Crippen molar-refractivity contribution < 1.29 is 14.4 Å². The average Bonchev–Trinajstić information content (AvgIpc) is 2.66. The zero-order valence-electron chi connectivity index (χ0n) is 14.4. The Morgan fingerprint density at radius 3 is 2.15 bits per heavy atom. The number of para-hydroxylation sites is 1. The summed E-state index contributed by atoms with van der Waals surface area (Å²) in [6, 6.07) is 17.6. The molecule has 1 aliphatic rings. The van der Waals surface area contributed by atoms with Crippen LogP contribution in [0.25, 0.3) is 10.8 Å². The van der Waals surface area contributed by atoms with Gasteiger partial charge >= 0.3 is 0 Å². The van der Waals surface area contributed by atoms with Gasteiger partial charge in [0, 0.05) is 35.9 Å². The standard InChI is InChI=1S/C21H16N2O3/c1-13(24)22(2)18-12-11-17-19-15(18)9-6-10-16(19)20(25)23(21(17)26)14-7-4-3-5-8-14/h3-12H,1-2H3. The van der Waals surface area contributed by atoms with Crippen LogP contribution in [-0.4, -0.2) is 24.8 Å². The van der Waals surface area contributed by atoms with Gasteiger partial charge in [-0.25, -0.2) is 4.90 Å².